The number of benzene rings is 2. The molecule has 84 valence electrons. The van der Waals surface area contributed by atoms with Gasteiger partial charge in [-0.1, -0.05) is 23.4 Å². The molecule has 0 radical (unpaired) electrons. The van der Waals surface area contributed by atoms with Gasteiger partial charge < -0.3 is 9.62 Å². The molecule has 3 rings (SSSR count). The highest BCUT2D eigenvalue weighted by atomic mass is 16.4. The van der Waals surface area contributed by atoms with Crippen LogP contribution in [0.3, 0.4) is 0 Å². The Morgan fingerprint density at radius 2 is 1.82 bits per heavy atom. The molecule has 0 atom stereocenters. The van der Waals surface area contributed by atoms with Crippen LogP contribution in [0.5, 0.6) is 0 Å². The molecule has 3 aromatic rings. The minimum atomic E-state index is 0.595. The lowest BCUT2D eigenvalue weighted by Crippen LogP contribution is -1.92. The van der Waals surface area contributed by atoms with E-state index >= 15 is 0 Å². The standard InChI is InChI=1S/C14H11NO2/c1-9(15-16)10-6-7-14-12(8-10)11-4-2-3-5-13(11)17-14/h2-8,16H,1H3. The van der Waals surface area contributed by atoms with Crippen molar-refractivity contribution in [1.29, 1.82) is 0 Å². The fourth-order valence-corrected chi connectivity index (χ4v) is 2.01. The molecule has 0 spiro atoms. The van der Waals surface area contributed by atoms with Gasteiger partial charge in [0.2, 0.25) is 0 Å². The number of furan rings is 1. The predicted octanol–water partition coefficient (Wildman–Crippen LogP) is 3.78. The van der Waals surface area contributed by atoms with Crippen molar-refractivity contribution in [3.63, 3.8) is 0 Å². The van der Waals surface area contributed by atoms with Gasteiger partial charge in [-0.2, -0.15) is 0 Å². The molecule has 0 bridgehead atoms. The zero-order valence-corrected chi connectivity index (χ0v) is 9.34. The molecule has 1 heterocycles. The van der Waals surface area contributed by atoms with E-state index < -0.39 is 0 Å². The smallest absolute Gasteiger partial charge is 0.135 e. The molecule has 3 heteroatoms. The van der Waals surface area contributed by atoms with E-state index in [0.29, 0.717) is 5.71 Å². The molecule has 0 aliphatic carbocycles. The molecule has 17 heavy (non-hydrogen) atoms. The highest BCUT2D eigenvalue weighted by molar-refractivity contribution is 6.09. The van der Waals surface area contributed by atoms with Crippen LogP contribution < -0.4 is 0 Å². The van der Waals surface area contributed by atoms with Crippen LogP contribution in [-0.4, -0.2) is 10.9 Å². The van der Waals surface area contributed by atoms with Crippen LogP contribution in [-0.2, 0) is 0 Å². The Bertz CT molecular complexity index is 725. The van der Waals surface area contributed by atoms with Crippen LogP contribution in [0.4, 0.5) is 0 Å². The molecule has 0 aliphatic heterocycles. The van der Waals surface area contributed by atoms with Crippen LogP contribution in [0, 0.1) is 0 Å². The Hall–Kier alpha value is -2.29. The Morgan fingerprint density at radius 3 is 2.65 bits per heavy atom. The Kier molecular flexibility index (Phi) is 2.11. The molecule has 0 unspecified atom stereocenters. The number of oxime groups is 1. The number of para-hydroxylation sites is 1. The van der Waals surface area contributed by atoms with Gasteiger partial charge in [0.15, 0.2) is 0 Å². The van der Waals surface area contributed by atoms with Crippen LogP contribution in [0.25, 0.3) is 21.9 Å². The number of fused-ring (bicyclic) bond motifs is 3. The largest absolute Gasteiger partial charge is 0.456 e. The third kappa shape index (κ3) is 1.47. The average molecular weight is 225 g/mol. The van der Waals surface area contributed by atoms with E-state index in [9.17, 15) is 0 Å². The molecular weight excluding hydrogens is 214 g/mol. The van der Waals surface area contributed by atoms with E-state index in [-0.39, 0.29) is 0 Å². The van der Waals surface area contributed by atoms with Crippen molar-refractivity contribution in [2.75, 3.05) is 0 Å². The second kappa shape index (κ2) is 3.63. The lowest BCUT2D eigenvalue weighted by Gasteiger charge is -1.97. The molecule has 0 saturated carbocycles. The van der Waals surface area contributed by atoms with Crippen molar-refractivity contribution in [1.82, 2.24) is 0 Å². The van der Waals surface area contributed by atoms with Crippen molar-refractivity contribution in [2.45, 2.75) is 6.92 Å². The highest BCUT2D eigenvalue weighted by Gasteiger charge is 2.07. The third-order valence-electron chi connectivity index (χ3n) is 2.94. The first-order valence-corrected chi connectivity index (χ1v) is 5.40. The number of hydrogen-bond donors (Lipinski definition) is 1. The average Bonchev–Trinajstić information content (AvgIpc) is 2.75. The fraction of sp³-hybridized carbons (Fsp3) is 0.0714. The quantitative estimate of drug-likeness (QED) is 0.389. The number of nitrogens with zero attached hydrogens (tertiary/aromatic N) is 1. The first-order chi connectivity index (χ1) is 8.29. The summed E-state index contributed by atoms with van der Waals surface area (Å²) in [5.74, 6) is 0. The van der Waals surface area contributed by atoms with Gasteiger partial charge in [-0.25, -0.2) is 0 Å². The summed E-state index contributed by atoms with van der Waals surface area (Å²) in [5.41, 5.74) is 3.21. The minimum absolute atomic E-state index is 0.595. The van der Waals surface area contributed by atoms with Crippen LogP contribution in [0.1, 0.15) is 12.5 Å². The molecule has 0 fully saturated rings. The second-order valence-electron chi connectivity index (χ2n) is 3.99. The molecule has 3 nitrogen and oxygen atoms in total. The summed E-state index contributed by atoms with van der Waals surface area (Å²) < 4.78 is 5.72. The summed E-state index contributed by atoms with van der Waals surface area (Å²) in [6.45, 7) is 1.77. The van der Waals surface area contributed by atoms with Crippen molar-refractivity contribution >= 4 is 27.7 Å². The van der Waals surface area contributed by atoms with Crippen molar-refractivity contribution in [2.24, 2.45) is 5.16 Å². The van der Waals surface area contributed by atoms with Crippen LogP contribution in [0.15, 0.2) is 52.0 Å². The van der Waals surface area contributed by atoms with E-state index in [4.69, 9.17) is 9.62 Å². The van der Waals surface area contributed by atoms with Gasteiger partial charge in [0.05, 0.1) is 5.71 Å². The highest BCUT2D eigenvalue weighted by Crippen LogP contribution is 2.29. The van der Waals surface area contributed by atoms with Crippen LogP contribution >= 0.6 is 0 Å². The Labute approximate surface area is 98.0 Å². The molecule has 2 aromatic carbocycles. The molecule has 0 aliphatic rings. The molecule has 0 saturated heterocycles. The predicted molar refractivity (Wildman–Crippen MR) is 67.7 cm³/mol. The number of rotatable bonds is 1. The maximum Gasteiger partial charge on any atom is 0.135 e. The van der Waals surface area contributed by atoms with E-state index in [2.05, 4.69) is 5.16 Å². The molecule has 0 amide bonds. The summed E-state index contributed by atoms with van der Waals surface area (Å²) >= 11 is 0. The van der Waals surface area contributed by atoms with Crippen molar-refractivity contribution < 1.29 is 9.62 Å². The lowest BCUT2D eigenvalue weighted by molar-refractivity contribution is 0.319. The van der Waals surface area contributed by atoms with E-state index in [1.807, 2.05) is 42.5 Å². The van der Waals surface area contributed by atoms with Gasteiger partial charge in [-0.3, -0.25) is 0 Å². The summed E-state index contributed by atoms with van der Waals surface area (Å²) in [4.78, 5) is 0. The summed E-state index contributed by atoms with van der Waals surface area (Å²) in [6, 6.07) is 13.7. The molecule has 1 N–H and O–H groups in total. The normalized spacial score (nSPS) is 12.4. The summed E-state index contributed by atoms with van der Waals surface area (Å²) in [5, 5.41) is 14.1. The van der Waals surface area contributed by atoms with Gasteiger partial charge >= 0.3 is 0 Å². The van der Waals surface area contributed by atoms with E-state index in [0.717, 1.165) is 27.5 Å². The fourth-order valence-electron chi connectivity index (χ4n) is 2.01. The molecular formula is C14H11NO2. The Morgan fingerprint density at radius 1 is 1.06 bits per heavy atom. The minimum Gasteiger partial charge on any atom is -0.456 e. The topological polar surface area (TPSA) is 45.7 Å². The zero-order chi connectivity index (χ0) is 11.8. The van der Waals surface area contributed by atoms with Crippen LogP contribution in [0.2, 0.25) is 0 Å². The lowest BCUT2D eigenvalue weighted by atomic mass is 10.1. The Balaban J connectivity index is 2.37. The first kappa shape index (κ1) is 9.90. The van der Waals surface area contributed by atoms with Crippen molar-refractivity contribution in [3.05, 3.63) is 48.0 Å². The van der Waals surface area contributed by atoms with E-state index in [1.54, 1.807) is 6.92 Å². The van der Waals surface area contributed by atoms with Gasteiger partial charge in [-0.05, 0) is 36.8 Å². The summed E-state index contributed by atoms with van der Waals surface area (Å²) in [7, 11) is 0. The molecule has 1 aromatic heterocycles. The van der Waals surface area contributed by atoms with Gasteiger partial charge in [0, 0.05) is 10.8 Å². The maximum absolute atomic E-state index is 8.79. The van der Waals surface area contributed by atoms with Crippen molar-refractivity contribution in [3.8, 4) is 0 Å². The second-order valence-corrected chi connectivity index (χ2v) is 3.99. The first-order valence-electron chi connectivity index (χ1n) is 5.40. The SMILES string of the molecule is CC(=NO)c1ccc2oc3ccccc3c2c1. The third-order valence-corrected chi connectivity index (χ3v) is 2.94. The van der Waals surface area contributed by atoms with Gasteiger partial charge in [0.1, 0.15) is 11.2 Å². The van der Waals surface area contributed by atoms with E-state index in [1.165, 1.54) is 0 Å². The monoisotopic (exact) mass is 225 g/mol. The van der Waals surface area contributed by atoms with Gasteiger partial charge in [-0.15, -0.1) is 0 Å². The summed E-state index contributed by atoms with van der Waals surface area (Å²) in [6.07, 6.45) is 0. The number of hydrogen-bond acceptors (Lipinski definition) is 3. The maximum atomic E-state index is 8.79. The van der Waals surface area contributed by atoms with Gasteiger partial charge in [0.25, 0.3) is 0 Å². The zero-order valence-electron chi connectivity index (χ0n) is 9.34.